The van der Waals surface area contributed by atoms with Crippen LogP contribution in [-0.4, -0.2) is 6.54 Å². The molecule has 1 aromatic rings. The van der Waals surface area contributed by atoms with Crippen LogP contribution in [0.2, 0.25) is 0 Å². The molecule has 1 N–H and O–H groups in total. The summed E-state index contributed by atoms with van der Waals surface area (Å²) < 4.78 is 0. The van der Waals surface area contributed by atoms with E-state index in [9.17, 15) is 0 Å². The fourth-order valence-electron chi connectivity index (χ4n) is 1.77. The normalized spacial score (nSPS) is 18.9. The zero-order chi connectivity index (χ0) is 9.26. The predicted octanol–water partition coefficient (Wildman–Crippen LogP) is 3.12. The van der Waals surface area contributed by atoms with Gasteiger partial charge in [-0.3, -0.25) is 0 Å². The molecule has 2 heteroatoms. The lowest BCUT2D eigenvalue weighted by atomic mass is 10.1. The lowest BCUT2D eigenvalue weighted by Crippen LogP contribution is -2.21. The maximum absolute atomic E-state index is 3.58. The van der Waals surface area contributed by atoms with Gasteiger partial charge in [0.25, 0.3) is 0 Å². The zero-order valence-electron chi connectivity index (χ0n) is 8.34. The Hall–Kier alpha value is -0.340. The second-order valence-electron chi connectivity index (χ2n) is 3.82. The predicted molar refractivity (Wildman–Crippen MR) is 58.2 cm³/mol. The summed E-state index contributed by atoms with van der Waals surface area (Å²) in [6.45, 7) is 5.46. The van der Waals surface area contributed by atoms with Gasteiger partial charge in [-0.1, -0.05) is 6.92 Å². The van der Waals surface area contributed by atoms with E-state index in [1.54, 1.807) is 0 Å². The number of nitrogens with one attached hydrogen (secondary N) is 1. The summed E-state index contributed by atoms with van der Waals surface area (Å²) in [5, 5.41) is 3.58. The van der Waals surface area contributed by atoms with Gasteiger partial charge in [0.15, 0.2) is 0 Å². The van der Waals surface area contributed by atoms with Crippen molar-refractivity contribution < 1.29 is 0 Å². The fourth-order valence-corrected chi connectivity index (χ4v) is 2.82. The molecule has 0 radical (unpaired) electrons. The van der Waals surface area contributed by atoms with Crippen molar-refractivity contribution in [3.8, 4) is 0 Å². The van der Waals surface area contributed by atoms with Crippen molar-refractivity contribution in [2.24, 2.45) is 5.92 Å². The Morgan fingerprint density at radius 1 is 1.54 bits per heavy atom. The maximum atomic E-state index is 3.58. The molecule has 0 spiro atoms. The molecule has 1 aliphatic rings. The second-order valence-corrected chi connectivity index (χ2v) is 5.14. The van der Waals surface area contributed by atoms with Crippen LogP contribution in [0.1, 0.15) is 35.6 Å². The van der Waals surface area contributed by atoms with Crippen LogP contribution in [0, 0.1) is 12.8 Å². The monoisotopic (exact) mass is 195 g/mol. The van der Waals surface area contributed by atoms with Crippen LogP contribution in [0.3, 0.4) is 0 Å². The Morgan fingerprint density at radius 3 is 2.77 bits per heavy atom. The molecule has 1 aliphatic carbocycles. The molecule has 1 nitrogen and oxygen atoms in total. The number of thiophene rings is 1. The van der Waals surface area contributed by atoms with E-state index in [2.05, 4.69) is 31.3 Å². The van der Waals surface area contributed by atoms with E-state index in [0.29, 0.717) is 6.04 Å². The van der Waals surface area contributed by atoms with Crippen LogP contribution in [0.25, 0.3) is 0 Å². The Labute approximate surface area is 84.2 Å². The highest BCUT2D eigenvalue weighted by molar-refractivity contribution is 7.12. The minimum atomic E-state index is 0.642. The quantitative estimate of drug-likeness (QED) is 0.778. The van der Waals surface area contributed by atoms with Crippen molar-refractivity contribution in [3.05, 3.63) is 21.9 Å². The molecule has 0 bridgehead atoms. The molecule has 1 saturated carbocycles. The second kappa shape index (κ2) is 3.81. The third kappa shape index (κ3) is 2.12. The average Bonchev–Trinajstić information content (AvgIpc) is 2.85. The van der Waals surface area contributed by atoms with E-state index in [1.165, 1.54) is 22.6 Å². The Kier molecular flexibility index (Phi) is 2.70. The van der Waals surface area contributed by atoms with E-state index in [-0.39, 0.29) is 0 Å². The van der Waals surface area contributed by atoms with Crippen molar-refractivity contribution in [1.82, 2.24) is 5.32 Å². The van der Waals surface area contributed by atoms with Crippen molar-refractivity contribution >= 4 is 11.3 Å². The summed E-state index contributed by atoms with van der Waals surface area (Å²) >= 11 is 1.94. The number of rotatable bonds is 4. The molecule has 1 heterocycles. The van der Waals surface area contributed by atoms with E-state index in [4.69, 9.17) is 0 Å². The minimum Gasteiger partial charge on any atom is -0.309 e. The summed E-state index contributed by atoms with van der Waals surface area (Å²) in [4.78, 5) is 2.96. The topological polar surface area (TPSA) is 12.0 Å². The van der Waals surface area contributed by atoms with Gasteiger partial charge in [0.2, 0.25) is 0 Å². The lowest BCUT2D eigenvalue weighted by Gasteiger charge is -2.14. The van der Waals surface area contributed by atoms with Crippen LogP contribution < -0.4 is 5.32 Å². The first-order valence-corrected chi connectivity index (χ1v) is 5.92. The Balaban J connectivity index is 2.10. The third-order valence-electron chi connectivity index (χ3n) is 2.59. The molecule has 13 heavy (non-hydrogen) atoms. The third-order valence-corrected chi connectivity index (χ3v) is 3.67. The molecule has 2 rings (SSSR count). The van der Waals surface area contributed by atoms with E-state index >= 15 is 0 Å². The van der Waals surface area contributed by atoms with Crippen LogP contribution >= 0.6 is 11.3 Å². The molecule has 0 amide bonds. The molecule has 0 aromatic carbocycles. The standard InChI is InChI=1S/C11H17NS/c1-3-12-11(9-5-6-9)10-7-4-8(2)13-10/h4,7,9,11-12H,3,5-6H2,1-2H3. The van der Waals surface area contributed by atoms with Crippen LogP contribution in [0.15, 0.2) is 12.1 Å². The molecule has 1 unspecified atom stereocenters. The summed E-state index contributed by atoms with van der Waals surface area (Å²) in [6, 6.07) is 5.15. The Bertz CT molecular complexity index is 275. The van der Waals surface area contributed by atoms with Crippen molar-refractivity contribution in [2.75, 3.05) is 6.54 Å². The highest BCUT2D eigenvalue weighted by atomic mass is 32.1. The van der Waals surface area contributed by atoms with E-state index < -0.39 is 0 Å². The molecule has 0 aliphatic heterocycles. The van der Waals surface area contributed by atoms with E-state index in [0.717, 1.165) is 12.5 Å². The SMILES string of the molecule is CCNC(c1ccc(C)s1)C1CC1. The van der Waals surface area contributed by atoms with Gasteiger partial charge in [-0.05, 0) is 44.4 Å². The highest BCUT2D eigenvalue weighted by Crippen LogP contribution is 2.42. The van der Waals surface area contributed by atoms with Gasteiger partial charge in [-0.2, -0.15) is 0 Å². The number of aryl methyl sites for hydroxylation is 1. The summed E-state index contributed by atoms with van der Waals surface area (Å²) in [6.07, 6.45) is 2.82. The molecular weight excluding hydrogens is 178 g/mol. The largest absolute Gasteiger partial charge is 0.309 e. The van der Waals surface area contributed by atoms with Crippen molar-refractivity contribution in [2.45, 2.75) is 32.7 Å². The maximum Gasteiger partial charge on any atom is 0.0443 e. The van der Waals surface area contributed by atoms with Crippen LogP contribution in [0.5, 0.6) is 0 Å². The zero-order valence-corrected chi connectivity index (χ0v) is 9.16. The summed E-state index contributed by atoms with van der Waals surface area (Å²) in [5.41, 5.74) is 0. The summed E-state index contributed by atoms with van der Waals surface area (Å²) in [7, 11) is 0. The molecular formula is C11H17NS. The van der Waals surface area contributed by atoms with Gasteiger partial charge in [-0.25, -0.2) is 0 Å². The van der Waals surface area contributed by atoms with Gasteiger partial charge >= 0.3 is 0 Å². The molecule has 72 valence electrons. The lowest BCUT2D eigenvalue weighted by molar-refractivity contribution is 0.504. The number of hydrogen-bond acceptors (Lipinski definition) is 2. The number of hydrogen-bond donors (Lipinski definition) is 1. The first kappa shape index (κ1) is 9.22. The molecule has 1 atom stereocenters. The van der Waals surface area contributed by atoms with Gasteiger partial charge in [-0.15, -0.1) is 11.3 Å². The van der Waals surface area contributed by atoms with E-state index in [1.807, 2.05) is 11.3 Å². The highest BCUT2D eigenvalue weighted by Gasteiger charge is 2.32. The van der Waals surface area contributed by atoms with Crippen molar-refractivity contribution in [1.29, 1.82) is 0 Å². The Morgan fingerprint density at radius 2 is 2.31 bits per heavy atom. The van der Waals surface area contributed by atoms with Crippen molar-refractivity contribution in [3.63, 3.8) is 0 Å². The first-order chi connectivity index (χ1) is 6.31. The molecule has 1 aromatic heterocycles. The fraction of sp³-hybridized carbons (Fsp3) is 0.636. The van der Waals surface area contributed by atoms with Crippen LogP contribution in [-0.2, 0) is 0 Å². The molecule has 0 saturated heterocycles. The van der Waals surface area contributed by atoms with Crippen LogP contribution in [0.4, 0.5) is 0 Å². The van der Waals surface area contributed by atoms with Gasteiger partial charge in [0.05, 0.1) is 0 Å². The van der Waals surface area contributed by atoms with Gasteiger partial charge in [0.1, 0.15) is 0 Å². The summed E-state index contributed by atoms with van der Waals surface area (Å²) in [5.74, 6) is 0.915. The van der Waals surface area contributed by atoms with Gasteiger partial charge in [0, 0.05) is 15.8 Å². The smallest absolute Gasteiger partial charge is 0.0443 e. The van der Waals surface area contributed by atoms with Gasteiger partial charge < -0.3 is 5.32 Å². The first-order valence-electron chi connectivity index (χ1n) is 5.11. The average molecular weight is 195 g/mol. The minimum absolute atomic E-state index is 0.642. The molecule has 1 fully saturated rings.